The summed E-state index contributed by atoms with van der Waals surface area (Å²) in [6.45, 7) is 5.89. The Morgan fingerprint density at radius 3 is 2.55 bits per heavy atom. The molecule has 0 amide bonds. The van der Waals surface area contributed by atoms with Gasteiger partial charge in [0.25, 0.3) is 0 Å². The molecule has 0 bridgehead atoms. The van der Waals surface area contributed by atoms with E-state index >= 15 is 0 Å². The van der Waals surface area contributed by atoms with Crippen LogP contribution in [-0.2, 0) is 5.54 Å². The Morgan fingerprint density at radius 2 is 2.10 bits per heavy atom. The van der Waals surface area contributed by atoms with E-state index in [1.807, 2.05) is 26.8 Å². The van der Waals surface area contributed by atoms with Crippen LogP contribution in [0.5, 0.6) is 0 Å². The fraction of sp³-hybridized carbons (Fsp3) is 0.333. The van der Waals surface area contributed by atoms with Gasteiger partial charge in [-0.1, -0.05) is 20.8 Å². The smallest absolute Gasteiger partial charge is 0.336 e. The molecule has 2 rings (SSSR count). The van der Waals surface area contributed by atoms with Gasteiger partial charge in [-0.2, -0.15) is 15.5 Å². The number of nitriles is 1. The normalized spacial score (nSPS) is 20.9. The summed E-state index contributed by atoms with van der Waals surface area (Å²) in [6, 6.07) is 6.57. The molecule has 1 aliphatic heterocycles. The number of nitrogens with zero attached hydrogens (tertiary/aromatic N) is 3. The Balaban J connectivity index is 2.78. The summed E-state index contributed by atoms with van der Waals surface area (Å²) in [4.78, 5) is 11.5. The lowest BCUT2D eigenvalue weighted by molar-refractivity contribution is 0.0692. The summed E-state index contributed by atoms with van der Waals surface area (Å²) in [6.07, 6.45) is 3.35. The van der Waals surface area contributed by atoms with E-state index in [0.29, 0.717) is 11.1 Å². The van der Waals surface area contributed by atoms with Crippen LogP contribution >= 0.6 is 0 Å². The van der Waals surface area contributed by atoms with Crippen molar-refractivity contribution in [3.8, 4) is 6.07 Å². The molecule has 1 aromatic carbocycles. The maximum Gasteiger partial charge on any atom is 0.336 e. The molecule has 0 aliphatic carbocycles. The Hall–Kier alpha value is -2.48. The van der Waals surface area contributed by atoms with Crippen molar-refractivity contribution < 1.29 is 9.90 Å². The van der Waals surface area contributed by atoms with Crippen LogP contribution in [0.4, 0.5) is 0 Å². The minimum absolute atomic E-state index is 0.143. The predicted molar refractivity (Wildman–Crippen MR) is 73.2 cm³/mol. The Labute approximate surface area is 117 Å². The predicted octanol–water partition coefficient (Wildman–Crippen LogP) is 3.48. The van der Waals surface area contributed by atoms with E-state index in [1.54, 1.807) is 18.3 Å². The monoisotopic (exact) mass is 269 g/mol. The second-order valence-electron chi connectivity index (χ2n) is 5.72. The zero-order valence-electron chi connectivity index (χ0n) is 11.6. The first-order chi connectivity index (χ1) is 9.32. The molecule has 5 heteroatoms. The molecule has 1 unspecified atom stereocenters. The number of azo groups is 1. The van der Waals surface area contributed by atoms with Gasteiger partial charge in [0.1, 0.15) is 5.54 Å². The molecule has 20 heavy (non-hydrogen) atoms. The van der Waals surface area contributed by atoms with Crippen LogP contribution in [0.2, 0.25) is 0 Å². The second kappa shape index (κ2) is 4.57. The molecule has 1 heterocycles. The molecular formula is C15H15N3O2. The second-order valence-corrected chi connectivity index (χ2v) is 5.72. The average Bonchev–Trinajstić information content (AvgIpc) is 2.87. The van der Waals surface area contributed by atoms with Crippen molar-refractivity contribution in [2.45, 2.75) is 26.3 Å². The maximum absolute atomic E-state index is 11.5. The third-order valence-corrected chi connectivity index (χ3v) is 3.53. The SMILES string of the molecule is CC(C)(C)C1(c2cc(C#N)ccc2C(=O)O)C=CN=N1. The molecule has 0 radical (unpaired) electrons. The van der Waals surface area contributed by atoms with E-state index in [0.717, 1.165) is 0 Å². The van der Waals surface area contributed by atoms with Crippen LogP contribution in [0, 0.1) is 16.7 Å². The summed E-state index contributed by atoms with van der Waals surface area (Å²) in [5, 5.41) is 26.6. The molecule has 5 nitrogen and oxygen atoms in total. The largest absolute Gasteiger partial charge is 0.478 e. The van der Waals surface area contributed by atoms with Crippen molar-refractivity contribution in [1.82, 2.24) is 0 Å². The number of rotatable bonds is 2. The quantitative estimate of drug-likeness (QED) is 0.891. The van der Waals surface area contributed by atoms with Gasteiger partial charge in [0, 0.05) is 11.8 Å². The zero-order valence-corrected chi connectivity index (χ0v) is 11.6. The van der Waals surface area contributed by atoms with Gasteiger partial charge >= 0.3 is 5.97 Å². The van der Waals surface area contributed by atoms with E-state index < -0.39 is 11.5 Å². The first-order valence-electron chi connectivity index (χ1n) is 6.19. The lowest BCUT2D eigenvalue weighted by Gasteiger charge is -2.37. The molecular weight excluding hydrogens is 254 g/mol. The van der Waals surface area contributed by atoms with Crippen LogP contribution < -0.4 is 0 Å². The van der Waals surface area contributed by atoms with E-state index in [-0.39, 0.29) is 11.0 Å². The van der Waals surface area contributed by atoms with Crippen LogP contribution in [-0.4, -0.2) is 11.1 Å². The van der Waals surface area contributed by atoms with Crippen LogP contribution in [0.3, 0.4) is 0 Å². The Kier molecular flexibility index (Phi) is 3.18. The molecule has 0 saturated heterocycles. The van der Waals surface area contributed by atoms with Crippen molar-refractivity contribution in [2.24, 2.45) is 15.6 Å². The molecule has 102 valence electrons. The Morgan fingerprint density at radius 1 is 1.40 bits per heavy atom. The van der Waals surface area contributed by atoms with E-state index in [4.69, 9.17) is 5.26 Å². The topological polar surface area (TPSA) is 85.8 Å². The van der Waals surface area contributed by atoms with Crippen molar-refractivity contribution in [3.63, 3.8) is 0 Å². The van der Waals surface area contributed by atoms with Gasteiger partial charge in [-0.05, 0) is 29.7 Å². The summed E-state index contributed by atoms with van der Waals surface area (Å²) in [7, 11) is 0. The molecule has 0 aromatic heterocycles. The number of hydrogen-bond donors (Lipinski definition) is 1. The van der Waals surface area contributed by atoms with Gasteiger partial charge in [-0.3, -0.25) is 0 Å². The number of aromatic carboxylic acids is 1. The fourth-order valence-corrected chi connectivity index (χ4v) is 2.36. The minimum Gasteiger partial charge on any atom is -0.478 e. The fourth-order valence-electron chi connectivity index (χ4n) is 2.36. The van der Waals surface area contributed by atoms with Crippen molar-refractivity contribution in [1.29, 1.82) is 5.26 Å². The maximum atomic E-state index is 11.5. The lowest BCUT2D eigenvalue weighted by atomic mass is 9.68. The molecule has 1 N–H and O–H groups in total. The molecule has 1 atom stereocenters. The Bertz CT molecular complexity index is 649. The average molecular weight is 269 g/mol. The number of carbonyl (C=O) groups is 1. The first-order valence-corrected chi connectivity index (χ1v) is 6.19. The van der Waals surface area contributed by atoms with Crippen LogP contribution in [0.15, 0.2) is 40.7 Å². The van der Waals surface area contributed by atoms with Gasteiger partial charge in [0.2, 0.25) is 0 Å². The number of hydrogen-bond acceptors (Lipinski definition) is 4. The van der Waals surface area contributed by atoms with Crippen molar-refractivity contribution in [2.75, 3.05) is 0 Å². The molecule has 0 fully saturated rings. The van der Waals surface area contributed by atoms with Crippen LogP contribution in [0.25, 0.3) is 0 Å². The van der Waals surface area contributed by atoms with Gasteiger partial charge in [-0.25, -0.2) is 4.79 Å². The zero-order chi connectivity index (χ0) is 15.0. The van der Waals surface area contributed by atoms with Gasteiger partial charge in [0.05, 0.1) is 17.2 Å². The van der Waals surface area contributed by atoms with E-state index in [1.165, 1.54) is 12.1 Å². The molecule has 0 saturated carbocycles. The highest BCUT2D eigenvalue weighted by Gasteiger charge is 2.45. The van der Waals surface area contributed by atoms with Crippen LogP contribution in [0.1, 0.15) is 42.3 Å². The van der Waals surface area contributed by atoms with E-state index in [2.05, 4.69) is 10.2 Å². The highest BCUT2D eigenvalue weighted by Crippen LogP contribution is 2.47. The lowest BCUT2D eigenvalue weighted by Crippen LogP contribution is -2.36. The number of carboxylic acid groups (broad SMARTS) is 1. The summed E-state index contributed by atoms with van der Waals surface area (Å²) in [5.74, 6) is -1.04. The third-order valence-electron chi connectivity index (χ3n) is 3.53. The van der Waals surface area contributed by atoms with Crippen molar-refractivity contribution >= 4 is 5.97 Å². The molecule has 0 spiro atoms. The standard InChI is InChI=1S/C15H15N3O2/c1-14(2,3)15(6-7-17-18-15)12-8-10(9-16)4-5-11(12)13(19)20/h4-8H,1-3H3,(H,19,20). The summed E-state index contributed by atoms with van der Waals surface area (Å²) < 4.78 is 0. The van der Waals surface area contributed by atoms with Gasteiger partial charge in [0.15, 0.2) is 0 Å². The highest BCUT2D eigenvalue weighted by molar-refractivity contribution is 5.90. The summed E-state index contributed by atoms with van der Waals surface area (Å²) in [5.41, 5.74) is -0.197. The highest BCUT2D eigenvalue weighted by atomic mass is 16.4. The summed E-state index contributed by atoms with van der Waals surface area (Å²) >= 11 is 0. The molecule has 1 aromatic rings. The van der Waals surface area contributed by atoms with Gasteiger partial charge < -0.3 is 5.11 Å². The van der Waals surface area contributed by atoms with Crippen molar-refractivity contribution in [3.05, 3.63) is 47.2 Å². The minimum atomic E-state index is -1.04. The molecule has 1 aliphatic rings. The number of carboxylic acids is 1. The first kappa shape index (κ1) is 13.9. The third kappa shape index (κ3) is 1.99. The van der Waals surface area contributed by atoms with Gasteiger partial charge in [-0.15, -0.1) is 0 Å². The van der Waals surface area contributed by atoms with E-state index in [9.17, 15) is 9.90 Å². The number of benzene rings is 1.